The number of benzene rings is 1. The van der Waals surface area contributed by atoms with Gasteiger partial charge in [0.15, 0.2) is 14.1 Å². The summed E-state index contributed by atoms with van der Waals surface area (Å²) in [7, 11) is -1.99. The van der Waals surface area contributed by atoms with Gasteiger partial charge in [-0.1, -0.05) is 51.1 Å². The number of rotatable bonds is 4. The highest BCUT2D eigenvalue weighted by Crippen LogP contribution is 2.45. The van der Waals surface area contributed by atoms with E-state index in [0.29, 0.717) is 0 Å². The molecule has 2 saturated heterocycles. The maximum absolute atomic E-state index is 6.83. The fourth-order valence-electron chi connectivity index (χ4n) is 3.05. The minimum absolute atomic E-state index is 0.101. The molecule has 4 nitrogen and oxygen atoms in total. The minimum Gasteiger partial charge on any atom is -0.408 e. The van der Waals surface area contributed by atoms with Crippen molar-refractivity contribution < 1.29 is 18.6 Å². The first-order valence-electron chi connectivity index (χ1n) is 9.20. The highest BCUT2D eigenvalue weighted by molar-refractivity contribution is 6.74. The van der Waals surface area contributed by atoms with Gasteiger partial charge in [0.1, 0.15) is 24.4 Å². The zero-order valence-electron chi connectivity index (χ0n) is 16.5. The van der Waals surface area contributed by atoms with E-state index in [1.165, 1.54) is 0 Å². The van der Waals surface area contributed by atoms with Crippen LogP contribution in [0.25, 0.3) is 0 Å². The second-order valence-corrected chi connectivity index (χ2v) is 13.9. The summed E-state index contributed by atoms with van der Waals surface area (Å²) in [4.78, 5) is 0. The summed E-state index contributed by atoms with van der Waals surface area (Å²) in [5, 5.41) is 0.121. The van der Waals surface area contributed by atoms with Gasteiger partial charge in [-0.3, -0.25) is 0 Å². The van der Waals surface area contributed by atoms with E-state index in [0.717, 1.165) is 12.2 Å². The van der Waals surface area contributed by atoms with Gasteiger partial charge in [-0.25, -0.2) is 0 Å². The Morgan fingerprint density at radius 2 is 1.68 bits per heavy atom. The second kappa shape index (κ2) is 6.46. The SMILES string of the molecule is CC1(C)O[C@H]([C@H]2CO2)[C@H](O[Si](C)(C)C(C)(C)C)[C@@H](c2ccccc2)O1. The molecular formula is C20H32O4Si. The summed E-state index contributed by atoms with van der Waals surface area (Å²) < 4.78 is 25.1. The fraction of sp³-hybridized carbons (Fsp3) is 0.700. The van der Waals surface area contributed by atoms with E-state index in [9.17, 15) is 0 Å². The number of hydrogen-bond acceptors (Lipinski definition) is 4. The van der Waals surface area contributed by atoms with Crippen LogP contribution in [-0.4, -0.2) is 39.0 Å². The van der Waals surface area contributed by atoms with Crippen LogP contribution in [0, 0.1) is 0 Å². The minimum atomic E-state index is -1.99. The molecule has 0 spiro atoms. The van der Waals surface area contributed by atoms with Crippen LogP contribution in [0.5, 0.6) is 0 Å². The number of ether oxygens (including phenoxy) is 3. The molecule has 3 rings (SSSR count). The zero-order chi connectivity index (χ0) is 18.5. The van der Waals surface area contributed by atoms with Gasteiger partial charge in [0.05, 0.1) is 6.61 Å². The topological polar surface area (TPSA) is 40.2 Å². The Labute approximate surface area is 152 Å². The average Bonchev–Trinajstić information content (AvgIpc) is 3.32. The Hall–Kier alpha value is -0.723. The van der Waals surface area contributed by atoms with Crippen molar-refractivity contribution in [2.75, 3.05) is 6.61 Å². The quantitative estimate of drug-likeness (QED) is 0.575. The summed E-state index contributed by atoms with van der Waals surface area (Å²) in [5.74, 6) is -0.662. The van der Waals surface area contributed by atoms with Gasteiger partial charge >= 0.3 is 0 Å². The molecule has 0 aliphatic carbocycles. The zero-order valence-corrected chi connectivity index (χ0v) is 17.5. The Balaban J connectivity index is 1.96. The molecule has 1 aromatic rings. The molecule has 140 valence electrons. The molecule has 5 heteroatoms. The van der Waals surface area contributed by atoms with Crippen molar-refractivity contribution >= 4 is 8.32 Å². The third-order valence-electron chi connectivity index (χ3n) is 5.54. The van der Waals surface area contributed by atoms with Crippen LogP contribution in [0.1, 0.15) is 46.3 Å². The molecule has 1 aromatic carbocycles. The Morgan fingerprint density at radius 3 is 2.20 bits per heavy atom. The third kappa shape index (κ3) is 4.17. The first-order chi connectivity index (χ1) is 11.5. The molecule has 2 heterocycles. The van der Waals surface area contributed by atoms with Crippen molar-refractivity contribution in [3.8, 4) is 0 Å². The Bertz CT molecular complexity index is 589. The molecule has 0 radical (unpaired) electrons. The normalized spacial score (nSPS) is 32.4. The number of hydrogen-bond donors (Lipinski definition) is 0. The summed E-state index contributed by atoms with van der Waals surface area (Å²) >= 11 is 0. The summed E-state index contributed by atoms with van der Waals surface area (Å²) in [6.45, 7) is 16.0. The molecule has 0 unspecified atom stereocenters. The first-order valence-corrected chi connectivity index (χ1v) is 12.1. The molecule has 2 aliphatic rings. The third-order valence-corrected chi connectivity index (χ3v) is 10.0. The van der Waals surface area contributed by atoms with Gasteiger partial charge in [0, 0.05) is 0 Å². The van der Waals surface area contributed by atoms with Crippen molar-refractivity contribution in [3.05, 3.63) is 35.9 Å². The van der Waals surface area contributed by atoms with Crippen LogP contribution in [0.4, 0.5) is 0 Å². The van der Waals surface area contributed by atoms with Gasteiger partial charge < -0.3 is 18.6 Å². The first kappa shape index (κ1) is 19.0. The molecule has 0 N–H and O–H groups in total. The van der Waals surface area contributed by atoms with Gasteiger partial charge in [-0.05, 0) is 37.5 Å². The van der Waals surface area contributed by atoms with Gasteiger partial charge in [-0.2, -0.15) is 0 Å². The lowest BCUT2D eigenvalue weighted by Crippen LogP contribution is -2.57. The molecule has 0 bridgehead atoms. The average molecular weight is 365 g/mol. The van der Waals surface area contributed by atoms with E-state index in [1.807, 2.05) is 32.0 Å². The van der Waals surface area contributed by atoms with Crippen molar-refractivity contribution in [3.63, 3.8) is 0 Å². The second-order valence-electron chi connectivity index (χ2n) is 9.15. The molecular weight excluding hydrogens is 332 g/mol. The van der Waals surface area contributed by atoms with E-state index in [4.69, 9.17) is 18.6 Å². The van der Waals surface area contributed by atoms with Crippen molar-refractivity contribution in [1.82, 2.24) is 0 Å². The maximum Gasteiger partial charge on any atom is 0.192 e. The maximum atomic E-state index is 6.83. The van der Waals surface area contributed by atoms with Crippen molar-refractivity contribution in [2.24, 2.45) is 0 Å². The molecule has 0 aromatic heterocycles. The van der Waals surface area contributed by atoms with Crippen LogP contribution in [0.3, 0.4) is 0 Å². The van der Waals surface area contributed by atoms with E-state index in [-0.39, 0.29) is 29.5 Å². The lowest BCUT2D eigenvalue weighted by atomic mass is 9.96. The fourth-order valence-corrected chi connectivity index (χ4v) is 4.34. The summed E-state index contributed by atoms with van der Waals surface area (Å²) in [6.07, 6.45) is -0.329. The lowest BCUT2D eigenvalue weighted by Gasteiger charge is -2.49. The number of epoxide rings is 1. The summed E-state index contributed by atoms with van der Waals surface area (Å²) in [6, 6.07) is 10.3. The highest BCUT2D eigenvalue weighted by Gasteiger charge is 2.54. The molecule has 4 atom stereocenters. The van der Waals surface area contributed by atoms with E-state index >= 15 is 0 Å². The van der Waals surface area contributed by atoms with Crippen LogP contribution in [0.2, 0.25) is 18.1 Å². The van der Waals surface area contributed by atoms with E-state index in [2.05, 4.69) is 46.0 Å². The predicted molar refractivity (Wildman–Crippen MR) is 101 cm³/mol. The molecule has 0 saturated carbocycles. The van der Waals surface area contributed by atoms with Crippen molar-refractivity contribution in [1.29, 1.82) is 0 Å². The molecule has 25 heavy (non-hydrogen) atoms. The van der Waals surface area contributed by atoms with E-state index in [1.54, 1.807) is 0 Å². The highest BCUT2D eigenvalue weighted by atomic mass is 28.4. The summed E-state index contributed by atoms with van der Waals surface area (Å²) in [5.41, 5.74) is 1.13. The van der Waals surface area contributed by atoms with Crippen molar-refractivity contribution in [2.45, 2.75) is 83.0 Å². The Kier molecular flexibility index (Phi) is 4.92. The van der Waals surface area contributed by atoms with Gasteiger partial charge in [0.25, 0.3) is 0 Å². The molecule has 2 fully saturated rings. The Morgan fingerprint density at radius 1 is 1.08 bits per heavy atom. The predicted octanol–water partition coefficient (Wildman–Crippen LogP) is 4.67. The smallest absolute Gasteiger partial charge is 0.192 e. The molecule has 0 amide bonds. The van der Waals surface area contributed by atoms with Crippen LogP contribution in [0.15, 0.2) is 30.3 Å². The standard InChI is InChI=1S/C20H32O4Si/c1-19(2,3)25(6,7)24-18-16(14-11-9-8-10-12-14)22-20(4,5)23-17(18)15-13-21-15/h8-12,15-18H,13H2,1-7H3/t15-,16-,17-,18-/m1/s1. The van der Waals surface area contributed by atoms with Gasteiger partial charge in [-0.15, -0.1) is 0 Å². The monoisotopic (exact) mass is 364 g/mol. The van der Waals surface area contributed by atoms with E-state index < -0.39 is 14.1 Å². The van der Waals surface area contributed by atoms with Crippen LogP contribution < -0.4 is 0 Å². The largest absolute Gasteiger partial charge is 0.408 e. The van der Waals surface area contributed by atoms with Crippen LogP contribution in [-0.2, 0) is 18.6 Å². The lowest BCUT2D eigenvalue weighted by molar-refractivity contribution is -0.334. The van der Waals surface area contributed by atoms with Crippen LogP contribution >= 0.6 is 0 Å². The molecule has 2 aliphatic heterocycles. The van der Waals surface area contributed by atoms with Gasteiger partial charge in [0.2, 0.25) is 0 Å².